The van der Waals surface area contributed by atoms with Crippen molar-refractivity contribution in [3.05, 3.63) is 32.8 Å². The summed E-state index contributed by atoms with van der Waals surface area (Å²) >= 11 is 3.22. The number of nitrogens with one attached hydrogen (secondary N) is 1. The summed E-state index contributed by atoms with van der Waals surface area (Å²) in [5.74, 6) is 0.136. The van der Waals surface area contributed by atoms with Crippen molar-refractivity contribution >= 4 is 21.6 Å². The fourth-order valence-electron chi connectivity index (χ4n) is 1.52. The summed E-state index contributed by atoms with van der Waals surface area (Å²) in [5, 5.41) is 23.2. The minimum atomic E-state index is -0.890. The summed E-state index contributed by atoms with van der Waals surface area (Å²) in [6.45, 7) is 4.38. The second-order valence-corrected chi connectivity index (χ2v) is 5.36. The molecule has 0 spiro atoms. The fraction of sp³-hybridized carbons (Fsp3) is 0.462. The lowest BCUT2D eigenvalue weighted by Gasteiger charge is -2.23. The van der Waals surface area contributed by atoms with Crippen LogP contribution < -0.4 is 10.1 Å². The molecule has 1 N–H and O–H groups in total. The van der Waals surface area contributed by atoms with Crippen molar-refractivity contribution in [3.63, 3.8) is 0 Å². The molecule has 1 atom stereocenters. The summed E-state index contributed by atoms with van der Waals surface area (Å²) in [5.41, 5.74) is -1.02. The van der Waals surface area contributed by atoms with Gasteiger partial charge < -0.3 is 4.74 Å². The van der Waals surface area contributed by atoms with Gasteiger partial charge in [-0.1, -0.05) is 13.0 Å². The van der Waals surface area contributed by atoms with Crippen molar-refractivity contribution in [3.8, 4) is 11.8 Å². The largest absolute Gasteiger partial charge is 0.483 e. The molecular formula is C13H16BrN3O3. The van der Waals surface area contributed by atoms with Gasteiger partial charge in [0.1, 0.15) is 12.1 Å². The fourth-order valence-corrected chi connectivity index (χ4v) is 1.99. The molecule has 1 rings (SSSR count). The Kier molecular flexibility index (Phi) is 5.92. The predicted molar refractivity (Wildman–Crippen MR) is 78.6 cm³/mol. The minimum absolute atomic E-state index is 0.0208. The van der Waals surface area contributed by atoms with E-state index in [-0.39, 0.29) is 18.0 Å². The summed E-state index contributed by atoms with van der Waals surface area (Å²) in [4.78, 5) is 10.5. The first-order chi connectivity index (χ1) is 9.43. The first-order valence-electron chi connectivity index (χ1n) is 6.15. The normalized spacial score (nSPS) is 13.3. The van der Waals surface area contributed by atoms with Gasteiger partial charge in [0.05, 0.1) is 15.5 Å². The third kappa shape index (κ3) is 4.18. The molecule has 0 saturated carbocycles. The molecule has 108 valence electrons. The van der Waals surface area contributed by atoms with Crippen LogP contribution in [-0.2, 0) is 0 Å². The van der Waals surface area contributed by atoms with Crippen molar-refractivity contribution in [2.75, 3.05) is 13.2 Å². The lowest BCUT2D eigenvalue weighted by atomic mass is 10.1. The van der Waals surface area contributed by atoms with Gasteiger partial charge in [0.15, 0.2) is 0 Å². The Bertz CT molecular complexity index is 530. The number of nitriles is 1. The molecule has 20 heavy (non-hydrogen) atoms. The second-order valence-electron chi connectivity index (χ2n) is 4.50. The SMILES string of the molecule is CCCNC(C)(C#N)COc1c(Br)cccc1[N+](=O)[O-]. The zero-order valence-corrected chi connectivity index (χ0v) is 12.9. The monoisotopic (exact) mass is 341 g/mol. The standard InChI is InChI=1S/C13H16BrN3O3/c1-3-7-16-13(2,8-15)9-20-12-10(14)5-4-6-11(12)17(18)19/h4-6,16H,3,7,9H2,1-2H3. The van der Waals surface area contributed by atoms with E-state index in [9.17, 15) is 15.4 Å². The van der Waals surface area contributed by atoms with Gasteiger partial charge in [-0.25, -0.2) is 0 Å². The van der Waals surface area contributed by atoms with E-state index in [1.807, 2.05) is 6.92 Å². The van der Waals surface area contributed by atoms with E-state index in [0.717, 1.165) is 6.42 Å². The Balaban J connectivity index is 2.89. The summed E-state index contributed by atoms with van der Waals surface area (Å²) in [7, 11) is 0. The molecule has 0 aliphatic rings. The van der Waals surface area contributed by atoms with E-state index in [4.69, 9.17) is 4.74 Å². The highest BCUT2D eigenvalue weighted by Gasteiger charge is 2.26. The molecule has 0 amide bonds. The topological polar surface area (TPSA) is 88.2 Å². The molecule has 1 unspecified atom stereocenters. The third-order valence-corrected chi connectivity index (χ3v) is 3.28. The van der Waals surface area contributed by atoms with Crippen LogP contribution in [0.5, 0.6) is 5.75 Å². The number of nitro benzene ring substituents is 1. The first kappa shape index (κ1) is 16.4. The molecule has 7 heteroatoms. The average molecular weight is 342 g/mol. The molecule has 0 bridgehead atoms. The molecular weight excluding hydrogens is 326 g/mol. The van der Waals surface area contributed by atoms with Gasteiger partial charge in [0.25, 0.3) is 0 Å². The van der Waals surface area contributed by atoms with Crippen molar-refractivity contribution in [2.24, 2.45) is 0 Å². The average Bonchev–Trinajstić information content (AvgIpc) is 2.43. The molecule has 1 aromatic rings. The van der Waals surface area contributed by atoms with Crippen LogP contribution in [0.4, 0.5) is 5.69 Å². The smallest absolute Gasteiger partial charge is 0.312 e. The number of halogens is 1. The number of nitrogens with zero attached hydrogens (tertiary/aromatic N) is 2. The number of ether oxygens (including phenoxy) is 1. The molecule has 0 saturated heterocycles. The van der Waals surface area contributed by atoms with E-state index in [1.54, 1.807) is 19.1 Å². The van der Waals surface area contributed by atoms with Crippen LogP contribution in [0.1, 0.15) is 20.3 Å². The molecule has 0 aliphatic carbocycles. The Hall–Kier alpha value is -1.65. The number of para-hydroxylation sites is 1. The summed E-state index contributed by atoms with van der Waals surface area (Å²) in [6.07, 6.45) is 0.881. The zero-order valence-electron chi connectivity index (χ0n) is 11.4. The maximum atomic E-state index is 11.0. The quantitative estimate of drug-likeness (QED) is 0.608. The number of hydrogen-bond acceptors (Lipinski definition) is 5. The number of benzene rings is 1. The highest BCUT2D eigenvalue weighted by molar-refractivity contribution is 9.10. The van der Waals surface area contributed by atoms with Gasteiger partial charge in [-0.3, -0.25) is 15.4 Å². The van der Waals surface area contributed by atoms with E-state index in [1.165, 1.54) is 6.07 Å². The molecule has 0 heterocycles. The summed E-state index contributed by atoms with van der Waals surface area (Å²) < 4.78 is 6.00. The highest BCUT2D eigenvalue weighted by Crippen LogP contribution is 2.35. The Morgan fingerprint density at radius 3 is 2.85 bits per heavy atom. The number of hydrogen-bond donors (Lipinski definition) is 1. The van der Waals surface area contributed by atoms with Crippen LogP contribution in [0, 0.1) is 21.4 Å². The number of nitro groups is 1. The first-order valence-corrected chi connectivity index (χ1v) is 6.95. The van der Waals surface area contributed by atoms with Crippen LogP contribution in [-0.4, -0.2) is 23.6 Å². The van der Waals surface area contributed by atoms with Gasteiger partial charge in [-0.15, -0.1) is 0 Å². The highest BCUT2D eigenvalue weighted by atomic mass is 79.9. The Labute approximate surface area is 126 Å². The third-order valence-electron chi connectivity index (χ3n) is 2.66. The van der Waals surface area contributed by atoms with E-state index in [2.05, 4.69) is 27.3 Å². The van der Waals surface area contributed by atoms with Crippen molar-refractivity contribution < 1.29 is 9.66 Å². The van der Waals surface area contributed by atoms with Crippen molar-refractivity contribution in [1.82, 2.24) is 5.32 Å². The van der Waals surface area contributed by atoms with Crippen LogP contribution in [0.3, 0.4) is 0 Å². The Morgan fingerprint density at radius 1 is 1.60 bits per heavy atom. The maximum Gasteiger partial charge on any atom is 0.312 e. The molecule has 0 aliphatic heterocycles. The van der Waals surface area contributed by atoms with Gasteiger partial charge >= 0.3 is 5.69 Å². The lowest BCUT2D eigenvalue weighted by Crippen LogP contribution is -2.46. The maximum absolute atomic E-state index is 11.0. The van der Waals surface area contributed by atoms with Gasteiger partial charge in [0.2, 0.25) is 5.75 Å². The summed E-state index contributed by atoms with van der Waals surface area (Å²) in [6, 6.07) is 6.72. The predicted octanol–water partition coefficient (Wildman–Crippen LogP) is 3.02. The molecule has 0 fully saturated rings. The lowest BCUT2D eigenvalue weighted by molar-refractivity contribution is -0.386. The van der Waals surface area contributed by atoms with Crippen LogP contribution in [0.2, 0.25) is 0 Å². The van der Waals surface area contributed by atoms with Gasteiger partial charge in [0, 0.05) is 6.07 Å². The minimum Gasteiger partial charge on any atom is -0.483 e. The molecule has 6 nitrogen and oxygen atoms in total. The zero-order chi connectivity index (χ0) is 15.2. The Morgan fingerprint density at radius 2 is 2.30 bits per heavy atom. The molecule has 0 radical (unpaired) electrons. The van der Waals surface area contributed by atoms with Gasteiger partial charge in [-0.2, -0.15) is 5.26 Å². The second kappa shape index (κ2) is 7.22. The van der Waals surface area contributed by atoms with Crippen molar-refractivity contribution in [2.45, 2.75) is 25.8 Å². The molecule has 1 aromatic carbocycles. The number of rotatable bonds is 7. The van der Waals surface area contributed by atoms with E-state index >= 15 is 0 Å². The molecule has 0 aromatic heterocycles. The van der Waals surface area contributed by atoms with E-state index in [0.29, 0.717) is 11.0 Å². The van der Waals surface area contributed by atoms with Gasteiger partial charge in [-0.05, 0) is 41.9 Å². The van der Waals surface area contributed by atoms with Crippen LogP contribution in [0.25, 0.3) is 0 Å². The van der Waals surface area contributed by atoms with Crippen LogP contribution >= 0.6 is 15.9 Å². The van der Waals surface area contributed by atoms with Crippen molar-refractivity contribution in [1.29, 1.82) is 5.26 Å². The van der Waals surface area contributed by atoms with E-state index < -0.39 is 10.5 Å². The van der Waals surface area contributed by atoms with Crippen LogP contribution in [0.15, 0.2) is 22.7 Å².